The number of nitro benzene ring substituents is 1. The van der Waals surface area contributed by atoms with Gasteiger partial charge >= 0.3 is 6.18 Å². The van der Waals surface area contributed by atoms with Crippen molar-refractivity contribution in [1.82, 2.24) is 9.88 Å². The molecule has 1 aliphatic heterocycles. The molecule has 0 radical (unpaired) electrons. The molecule has 1 fully saturated rings. The normalized spacial score (nSPS) is 15.0. The second-order valence-corrected chi connectivity index (χ2v) is 7.57. The third kappa shape index (κ3) is 5.08. The maximum Gasteiger partial charge on any atom is 0.416 e. The second kappa shape index (κ2) is 9.10. The minimum absolute atomic E-state index is 0.186. The molecule has 0 saturated carbocycles. The number of piperazine rings is 1. The van der Waals surface area contributed by atoms with E-state index in [0.29, 0.717) is 50.4 Å². The number of benzene rings is 2. The van der Waals surface area contributed by atoms with Crippen molar-refractivity contribution in [1.29, 1.82) is 0 Å². The van der Waals surface area contributed by atoms with E-state index in [0.717, 1.165) is 17.4 Å². The number of hydrogen-bond acceptors (Lipinski definition) is 7. The average molecular weight is 462 g/mol. The fourth-order valence-electron chi connectivity index (χ4n) is 3.72. The predicted molar refractivity (Wildman–Crippen MR) is 114 cm³/mol. The molecule has 2 heterocycles. The van der Waals surface area contributed by atoms with Crippen molar-refractivity contribution in [3.63, 3.8) is 0 Å². The lowest BCUT2D eigenvalue weighted by molar-refractivity contribution is -0.384. The Morgan fingerprint density at radius 3 is 2.42 bits per heavy atom. The maximum absolute atomic E-state index is 12.9. The number of aromatic nitrogens is 1. The van der Waals surface area contributed by atoms with E-state index in [2.05, 4.69) is 9.88 Å². The highest BCUT2D eigenvalue weighted by Crippen LogP contribution is 2.37. The summed E-state index contributed by atoms with van der Waals surface area (Å²) in [6.45, 7) is 2.42. The van der Waals surface area contributed by atoms with E-state index in [1.165, 1.54) is 6.07 Å². The molecule has 33 heavy (non-hydrogen) atoms. The van der Waals surface area contributed by atoms with Crippen molar-refractivity contribution in [3.8, 4) is 17.1 Å². The van der Waals surface area contributed by atoms with Crippen LogP contribution in [0, 0.1) is 10.1 Å². The van der Waals surface area contributed by atoms with Crippen molar-refractivity contribution in [2.45, 2.75) is 12.7 Å². The summed E-state index contributed by atoms with van der Waals surface area (Å²) >= 11 is 0. The van der Waals surface area contributed by atoms with Crippen molar-refractivity contribution >= 4 is 11.4 Å². The SMILES string of the molecule is COc1ccc(-c2cnc(CN3CCN(c4ccc(C(F)(F)F)cc4[N+](=O)[O-])CC3)o2)cc1. The first-order valence-corrected chi connectivity index (χ1v) is 10.2. The highest BCUT2D eigenvalue weighted by Gasteiger charge is 2.34. The highest BCUT2D eigenvalue weighted by atomic mass is 19.4. The van der Waals surface area contributed by atoms with Gasteiger partial charge in [0.1, 0.15) is 11.4 Å². The number of halogens is 3. The van der Waals surface area contributed by atoms with Gasteiger partial charge in [0, 0.05) is 37.8 Å². The van der Waals surface area contributed by atoms with E-state index < -0.39 is 22.4 Å². The van der Waals surface area contributed by atoms with Crippen molar-refractivity contribution in [2.75, 3.05) is 38.2 Å². The molecule has 0 atom stereocenters. The lowest BCUT2D eigenvalue weighted by atomic mass is 10.1. The van der Waals surface area contributed by atoms with Gasteiger partial charge < -0.3 is 14.1 Å². The van der Waals surface area contributed by atoms with Crippen LogP contribution in [0.15, 0.2) is 53.1 Å². The summed E-state index contributed by atoms with van der Waals surface area (Å²) in [6.07, 6.45) is -2.98. The van der Waals surface area contributed by atoms with Gasteiger partial charge in [-0.1, -0.05) is 0 Å². The van der Waals surface area contributed by atoms with E-state index in [9.17, 15) is 23.3 Å². The summed E-state index contributed by atoms with van der Waals surface area (Å²) < 4.78 is 49.8. The fraction of sp³-hybridized carbons (Fsp3) is 0.318. The molecule has 0 bridgehead atoms. The lowest BCUT2D eigenvalue weighted by Crippen LogP contribution is -2.46. The largest absolute Gasteiger partial charge is 0.497 e. The van der Waals surface area contributed by atoms with Crippen LogP contribution in [0.2, 0.25) is 0 Å². The van der Waals surface area contributed by atoms with Gasteiger partial charge in [0.15, 0.2) is 5.76 Å². The van der Waals surface area contributed by atoms with Gasteiger partial charge in [-0.05, 0) is 36.4 Å². The Bertz CT molecular complexity index is 1120. The molecule has 0 unspecified atom stereocenters. The molecule has 0 N–H and O–H groups in total. The van der Waals surface area contributed by atoms with Crippen LogP contribution in [-0.4, -0.2) is 48.1 Å². The molecule has 11 heteroatoms. The van der Waals surface area contributed by atoms with Crippen LogP contribution in [0.4, 0.5) is 24.5 Å². The molecular weight excluding hydrogens is 441 g/mol. The van der Waals surface area contributed by atoms with Crippen LogP contribution in [0.3, 0.4) is 0 Å². The maximum atomic E-state index is 12.9. The molecule has 0 amide bonds. The quantitative estimate of drug-likeness (QED) is 0.391. The summed E-state index contributed by atoms with van der Waals surface area (Å²) in [4.78, 5) is 18.7. The first kappa shape index (κ1) is 22.6. The zero-order valence-electron chi connectivity index (χ0n) is 17.7. The summed E-state index contributed by atoms with van der Waals surface area (Å²) in [5.41, 5.74) is -0.525. The fourth-order valence-corrected chi connectivity index (χ4v) is 3.72. The number of nitro groups is 1. The van der Waals surface area contributed by atoms with E-state index in [-0.39, 0.29) is 5.69 Å². The van der Waals surface area contributed by atoms with E-state index >= 15 is 0 Å². The molecule has 2 aromatic carbocycles. The van der Waals surface area contributed by atoms with Gasteiger partial charge in [0.25, 0.3) is 5.69 Å². The molecule has 8 nitrogen and oxygen atoms in total. The van der Waals surface area contributed by atoms with Gasteiger partial charge in [-0.3, -0.25) is 15.0 Å². The van der Waals surface area contributed by atoms with Crippen LogP contribution in [0.5, 0.6) is 5.75 Å². The molecule has 0 spiro atoms. The Morgan fingerprint density at radius 2 is 1.82 bits per heavy atom. The molecule has 1 saturated heterocycles. The number of ether oxygens (including phenoxy) is 1. The molecule has 4 rings (SSSR count). The average Bonchev–Trinajstić information content (AvgIpc) is 3.27. The van der Waals surface area contributed by atoms with Crippen molar-refractivity contribution < 1.29 is 27.2 Å². The van der Waals surface area contributed by atoms with E-state index in [1.54, 1.807) is 18.2 Å². The second-order valence-electron chi connectivity index (χ2n) is 7.57. The molecule has 0 aliphatic carbocycles. The summed E-state index contributed by atoms with van der Waals surface area (Å²) in [7, 11) is 1.59. The summed E-state index contributed by atoms with van der Waals surface area (Å²) in [5, 5.41) is 11.4. The zero-order chi connectivity index (χ0) is 23.6. The molecule has 1 aliphatic rings. The van der Waals surface area contributed by atoms with Gasteiger partial charge in [0.05, 0.1) is 30.3 Å². The number of hydrogen-bond donors (Lipinski definition) is 0. The topological polar surface area (TPSA) is 84.9 Å². The number of methoxy groups -OCH3 is 1. The van der Waals surface area contributed by atoms with Crippen LogP contribution in [0.1, 0.15) is 11.5 Å². The number of alkyl halides is 3. The van der Waals surface area contributed by atoms with Gasteiger partial charge in [-0.25, -0.2) is 4.98 Å². The molecule has 3 aromatic rings. The number of nitrogens with zero attached hydrogens (tertiary/aromatic N) is 4. The van der Waals surface area contributed by atoms with Crippen molar-refractivity contribution in [3.05, 3.63) is 70.2 Å². The Labute approximate surface area is 187 Å². The van der Waals surface area contributed by atoms with E-state index in [4.69, 9.17) is 9.15 Å². The molecule has 1 aromatic heterocycles. The summed E-state index contributed by atoms with van der Waals surface area (Å²) in [5.74, 6) is 1.91. The van der Waals surface area contributed by atoms with Gasteiger partial charge in [-0.2, -0.15) is 13.2 Å². The predicted octanol–water partition coefficient (Wildman–Crippen LogP) is 4.60. The lowest BCUT2D eigenvalue weighted by Gasteiger charge is -2.35. The molecule has 174 valence electrons. The first-order chi connectivity index (χ1) is 15.7. The van der Waals surface area contributed by atoms with Crippen LogP contribution in [-0.2, 0) is 12.7 Å². The highest BCUT2D eigenvalue weighted by molar-refractivity contribution is 5.65. The Hall–Kier alpha value is -3.60. The monoisotopic (exact) mass is 462 g/mol. The van der Waals surface area contributed by atoms with Crippen LogP contribution >= 0.6 is 0 Å². The minimum atomic E-state index is -4.64. The minimum Gasteiger partial charge on any atom is -0.497 e. The third-order valence-electron chi connectivity index (χ3n) is 5.50. The van der Waals surface area contributed by atoms with Crippen LogP contribution in [0.25, 0.3) is 11.3 Å². The summed E-state index contributed by atoms with van der Waals surface area (Å²) in [6, 6.07) is 10.1. The van der Waals surface area contributed by atoms with Gasteiger partial charge in [-0.15, -0.1) is 0 Å². The standard InChI is InChI=1S/C22H21F3N4O4/c1-32-17-5-2-15(3-6-17)20-13-26-21(33-20)14-27-8-10-28(11-9-27)18-7-4-16(22(23,24)25)12-19(18)29(30)31/h2-7,12-13H,8-11,14H2,1H3. The number of rotatable bonds is 6. The van der Waals surface area contributed by atoms with Crippen LogP contribution < -0.4 is 9.64 Å². The Kier molecular flexibility index (Phi) is 6.23. The Morgan fingerprint density at radius 1 is 1.12 bits per heavy atom. The first-order valence-electron chi connectivity index (χ1n) is 10.2. The van der Waals surface area contributed by atoms with Crippen molar-refractivity contribution in [2.24, 2.45) is 0 Å². The Balaban J connectivity index is 1.39. The number of anilines is 1. The van der Waals surface area contributed by atoms with Gasteiger partial charge in [0.2, 0.25) is 5.89 Å². The number of oxazole rings is 1. The van der Waals surface area contributed by atoms with E-state index in [1.807, 2.05) is 24.3 Å². The molecular formula is C22H21F3N4O4. The third-order valence-corrected chi connectivity index (χ3v) is 5.50. The smallest absolute Gasteiger partial charge is 0.416 e. The zero-order valence-corrected chi connectivity index (χ0v) is 17.7.